The van der Waals surface area contributed by atoms with Gasteiger partial charge in [-0.25, -0.2) is 0 Å². The van der Waals surface area contributed by atoms with E-state index in [-0.39, 0.29) is 22.4 Å². The SMILES string of the molecule is CCC(CC)(CC)NC(=O)C(C)C(N)=S. The van der Waals surface area contributed by atoms with Crippen molar-refractivity contribution in [2.24, 2.45) is 11.7 Å². The molecule has 0 fully saturated rings. The lowest BCUT2D eigenvalue weighted by Gasteiger charge is -2.32. The fourth-order valence-electron chi connectivity index (χ4n) is 1.51. The summed E-state index contributed by atoms with van der Waals surface area (Å²) in [6.07, 6.45) is 2.78. The molecule has 0 aromatic rings. The number of hydrogen-bond donors (Lipinski definition) is 2. The second kappa shape index (κ2) is 6.05. The molecule has 0 radical (unpaired) electrons. The number of amides is 1. The minimum absolute atomic E-state index is 0.0620. The highest BCUT2D eigenvalue weighted by atomic mass is 32.1. The van der Waals surface area contributed by atoms with Gasteiger partial charge in [0.05, 0.1) is 10.9 Å². The van der Waals surface area contributed by atoms with Gasteiger partial charge in [0, 0.05) is 5.54 Å². The highest BCUT2D eigenvalue weighted by Gasteiger charge is 2.28. The fraction of sp³-hybridized carbons (Fsp3) is 0.818. The molecular formula is C11H22N2OS. The average Bonchev–Trinajstić information content (AvgIpc) is 2.24. The van der Waals surface area contributed by atoms with Crippen LogP contribution in [0.4, 0.5) is 0 Å². The molecule has 0 aliphatic carbocycles. The second-order valence-corrected chi connectivity index (χ2v) is 4.43. The van der Waals surface area contributed by atoms with Crippen LogP contribution < -0.4 is 11.1 Å². The lowest BCUT2D eigenvalue weighted by Crippen LogP contribution is -2.50. The molecule has 0 aliphatic heterocycles. The average molecular weight is 230 g/mol. The summed E-state index contributed by atoms with van der Waals surface area (Å²) in [7, 11) is 0. The van der Waals surface area contributed by atoms with E-state index in [0.717, 1.165) is 19.3 Å². The van der Waals surface area contributed by atoms with Gasteiger partial charge in [0.2, 0.25) is 5.91 Å². The Morgan fingerprint density at radius 3 is 2.00 bits per heavy atom. The molecular weight excluding hydrogens is 208 g/mol. The predicted molar refractivity (Wildman–Crippen MR) is 67.7 cm³/mol. The van der Waals surface area contributed by atoms with Crippen LogP contribution in [-0.2, 0) is 4.79 Å². The van der Waals surface area contributed by atoms with E-state index in [1.165, 1.54) is 0 Å². The molecule has 0 rings (SSSR count). The summed E-state index contributed by atoms with van der Waals surface area (Å²) in [5, 5.41) is 3.05. The molecule has 15 heavy (non-hydrogen) atoms. The van der Waals surface area contributed by atoms with E-state index in [9.17, 15) is 4.79 Å². The molecule has 1 amide bonds. The van der Waals surface area contributed by atoms with Gasteiger partial charge in [0.25, 0.3) is 0 Å². The largest absolute Gasteiger partial charge is 0.393 e. The summed E-state index contributed by atoms with van der Waals surface area (Å²) < 4.78 is 0. The monoisotopic (exact) mass is 230 g/mol. The van der Waals surface area contributed by atoms with Crippen LogP contribution in [0.5, 0.6) is 0 Å². The van der Waals surface area contributed by atoms with E-state index in [1.807, 2.05) is 0 Å². The van der Waals surface area contributed by atoms with Crippen LogP contribution in [0.25, 0.3) is 0 Å². The molecule has 0 saturated carbocycles. The van der Waals surface area contributed by atoms with Crippen LogP contribution in [0.15, 0.2) is 0 Å². The number of thiocarbonyl (C=S) groups is 1. The number of nitrogens with one attached hydrogen (secondary N) is 1. The van der Waals surface area contributed by atoms with Gasteiger partial charge in [-0.05, 0) is 26.2 Å². The predicted octanol–water partition coefficient (Wildman–Crippen LogP) is 1.99. The van der Waals surface area contributed by atoms with Crippen LogP contribution in [0.2, 0.25) is 0 Å². The summed E-state index contributed by atoms with van der Waals surface area (Å²) in [6, 6.07) is 0. The van der Waals surface area contributed by atoms with Crippen molar-refractivity contribution >= 4 is 23.1 Å². The lowest BCUT2D eigenvalue weighted by molar-refractivity contribution is -0.124. The Kier molecular flexibility index (Phi) is 5.80. The lowest BCUT2D eigenvalue weighted by atomic mass is 9.89. The smallest absolute Gasteiger partial charge is 0.230 e. The topological polar surface area (TPSA) is 55.1 Å². The maximum atomic E-state index is 11.8. The summed E-state index contributed by atoms with van der Waals surface area (Å²) >= 11 is 4.81. The van der Waals surface area contributed by atoms with Gasteiger partial charge < -0.3 is 11.1 Å². The number of nitrogens with two attached hydrogens (primary N) is 1. The minimum Gasteiger partial charge on any atom is -0.393 e. The maximum absolute atomic E-state index is 11.8. The van der Waals surface area contributed by atoms with Gasteiger partial charge in [-0.3, -0.25) is 4.79 Å². The normalized spacial score (nSPS) is 13.3. The second-order valence-electron chi connectivity index (χ2n) is 3.95. The molecule has 0 spiro atoms. The molecule has 0 saturated heterocycles. The molecule has 0 aliphatic rings. The van der Waals surface area contributed by atoms with Crippen molar-refractivity contribution in [2.75, 3.05) is 0 Å². The third-order valence-electron chi connectivity index (χ3n) is 3.24. The Bertz CT molecular complexity index is 228. The van der Waals surface area contributed by atoms with Gasteiger partial charge in [0.1, 0.15) is 0 Å². The maximum Gasteiger partial charge on any atom is 0.230 e. The minimum atomic E-state index is -0.385. The first-order valence-corrected chi connectivity index (χ1v) is 5.94. The van der Waals surface area contributed by atoms with E-state index < -0.39 is 0 Å². The molecule has 88 valence electrons. The number of carbonyl (C=O) groups is 1. The van der Waals surface area contributed by atoms with Crippen molar-refractivity contribution in [3.05, 3.63) is 0 Å². The first-order chi connectivity index (χ1) is 6.92. The number of hydrogen-bond acceptors (Lipinski definition) is 2. The van der Waals surface area contributed by atoms with Crippen molar-refractivity contribution in [3.63, 3.8) is 0 Å². The molecule has 4 heteroatoms. The van der Waals surface area contributed by atoms with Crippen molar-refractivity contribution in [2.45, 2.75) is 52.5 Å². The zero-order valence-electron chi connectivity index (χ0n) is 10.1. The van der Waals surface area contributed by atoms with Crippen molar-refractivity contribution in [3.8, 4) is 0 Å². The highest BCUT2D eigenvalue weighted by molar-refractivity contribution is 7.80. The molecule has 0 bridgehead atoms. The third kappa shape index (κ3) is 3.78. The van der Waals surface area contributed by atoms with Crippen LogP contribution >= 0.6 is 12.2 Å². The zero-order chi connectivity index (χ0) is 12.1. The molecule has 3 nitrogen and oxygen atoms in total. The van der Waals surface area contributed by atoms with E-state index in [4.69, 9.17) is 18.0 Å². The van der Waals surface area contributed by atoms with Crippen molar-refractivity contribution in [1.82, 2.24) is 5.32 Å². The molecule has 0 aromatic carbocycles. The van der Waals surface area contributed by atoms with E-state index in [0.29, 0.717) is 0 Å². The summed E-state index contributed by atoms with van der Waals surface area (Å²) in [4.78, 5) is 12.1. The Balaban J connectivity index is 4.55. The Labute approximate surface area is 97.8 Å². The van der Waals surface area contributed by atoms with Gasteiger partial charge >= 0.3 is 0 Å². The van der Waals surface area contributed by atoms with Gasteiger partial charge in [-0.2, -0.15) is 0 Å². The van der Waals surface area contributed by atoms with Gasteiger partial charge in [-0.1, -0.05) is 33.0 Å². The Hall–Kier alpha value is -0.640. The van der Waals surface area contributed by atoms with Crippen LogP contribution in [0, 0.1) is 5.92 Å². The Morgan fingerprint density at radius 2 is 1.73 bits per heavy atom. The quantitative estimate of drug-likeness (QED) is 0.686. The molecule has 1 unspecified atom stereocenters. The van der Waals surface area contributed by atoms with Crippen LogP contribution in [0.1, 0.15) is 47.0 Å². The van der Waals surface area contributed by atoms with E-state index in [2.05, 4.69) is 26.1 Å². The molecule has 0 aromatic heterocycles. The Morgan fingerprint density at radius 1 is 1.33 bits per heavy atom. The highest BCUT2D eigenvalue weighted by Crippen LogP contribution is 2.19. The van der Waals surface area contributed by atoms with E-state index in [1.54, 1.807) is 6.92 Å². The van der Waals surface area contributed by atoms with Crippen molar-refractivity contribution < 1.29 is 4.79 Å². The fourth-order valence-corrected chi connectivity index (χ4v) is 1.62. The van der Waals surface area contributed by atoms with Crippen LogP contribution in [-0.4, -0.2) is 16.4 Å². The van der Waals surface area contributed by atoms with Gasteiger partial charge in [-0.15, -0.1) is 0 Å². The number of carbonyl (C=O) groups excluding carboxylic acids is 1. The zero-order valence-corrected chi connectivity index (χ0v) is 10.9. The van der Waals surface area contributed by atoms with Crippen molar-refractivity contribution in [1.29, 1.82) is 0 Å². The number of rotatable bonds is 6. The van der Waals surface area contributed by atoms with Crippen LogP contribution in [0.3, 0.4) is 0 Å². The molecule has 3 N–H and O–H groups in total. The first kappa shape index (κ1) is 14.4. The standard InChI is InChI=1S/C11H22N2OS/c1-5-11(6-2,7-3)13-10(14)8(4)9(12)15/h8H,5-7H2,1-4H3,(H2,12,15)(H,13,14). The first-order valence-electron chi connectivity index (χ1n) is 5.53. The third-order valence-corrected chi connectivity index (χ3v) is 3.59. The van der Waals surface area contributed by atoms with Gasteiger partial charge in [0.15, 0.2) is 0 Å². The molecule has 0 heterocycles. The van der Waals surface area contributed by atoms with E-state index >= 15 is 0 Å². The summed E-state index contributed by atoms with van der Waals surface area (Å²) in [5.41, 5.74) is 5.35. The molecule has 1 atom stereocenters. The summed E-state index contributed by atoms with van der Waals surface area (Å²) in [5.74, 6) is -0.447. The summed E-state index contributed by atoms with van der Waals surface area (Å²) in [6.45, 7) is 7.99.